The van der Waals surface area contributed by atoms with E-state index in [1.807, 2.05) is 0 Å². The van der Waals surface area contributed by atoms with E-state index in [4.69, 9.17) is 6.42 Å². The maximum absolute atomic E-state index is 12.6. The second-order valence-corrected chi connectivity index (χ2v) is 4.52. The first-order chi connectivity index (χ1) is 8.58. The van der Waals surface area contributed by atoms with Crippen LogP contribution in [-0.4, -0.2) is 0 Å². The van der Waals surface area contributed by atoms with Crippen LogP contribution >= 0.6 is 0 Å². The Morgan fingerprint density at radius 3 is 1.58 bits per heavy atom. The molecule has 1 fully saturated rings. The lowest BCUT2D eigenvalue weighted by Crippen LogP contribution is -2.14. The lowest BCUT2D eigenvalue weighted by Gasteiger charge is -2.16. The van der Waals surface area contributed by atoms with Crippen LogP contribution in [0.5, 0.6) is 0 Å². The fourth-order valence-corrected chi connectivity index (χ4v) is 1.87. The Kier molecular flexibility index (Phi) is 2.85. The molecule has 6 heteroatoms. The number of halogens is 6. The van der Waals surface area contributed by atoms with Gasteiger partial charge in [0.2, 0.25) is 0 Å². The van der Waals surface area contributed by atoms with Gasteiger partial charge in [-0.15, -0.1) is 6.42 Å². The van der Waals surface area contributed by atoms with Gasteiger partial charge in [-0.25, -0.2) is 0 Å². The predicted octanol–water partition coefficient (Wildman–Crippen LogP) is 4.39. The van der Waals surface area contributed by atoms with Crippen molar-refractivity contribution < 1.29 is 26.3 Å². The predicted molar refractivity (Wildman–Crippen MR) is 56.2 cm³/mol. The first-order valence-corrected chi connectivity index (χ1v) is 5.36. The molecular weight excluding hydrogens is 270 g/mol. The van der Waals surface area contributed by atoms with Gasteiger partial charge in [-0.3, -0.25) is 0 Å². The van der Waals surface area contributed by atoms with Crippen LogP contribution in [0.3, 0.4) is 0 Å². The van der Waals surface area contributed by atoms with Crippen LogP contribution in [0, 0.1) is 12.3 Å². The molecule has 1 aromatic carbocycles. The Labute approximate surface area is 105 Å². The highest BCUT2D eigenvalue weighted by molar-refractivity contribution is 5.45. The SMILES string of the molecule is C#CC1(c2cc(C(F)(F)F)cc(C(F)(F)F)c2)CC1. The highest BCUT2D eigenvalue weighted by Gasteiger charge is 2.46. The summed E-state index contributed by atoms with van der Waals surface area (Å²) in [4.78, 5) is 0. The zero-order valence-electron chi connectivity index (χ0n) is 9.49. The molecule has 1 aliphatic carbocycles. The molecule has 2 rings (SSSR count). The van der Waals surface area contributed by atoms with E-state index in [-0.39, 0.29) is 11.6 Å². The van der Waals surface area contributed by atoms with Gasteiger partial charge in [0.1, 0.15) is 0 Å². The van der Waals surface area contributed by atoms with E-state index in [0.717, 1.165) is 0 Å². The first-order valence-electron chi connectivity index (χ1n) is 5.36. The Balaban J connectivity index is 2.60. The van der Waals surface area contributed by atoms with Crippen molar-refractivity contribution in [1.29, 1.82) is 0 Å². The highest BCUT2D eigenvalue weighted by Crippen LogP contribution is 2.49. The van der Waals surface area contributed by atoms with Crippen molar-refractivity contribution >= 4 is 0 Å². The zero-order valence-corrected chi connectivity index (χ0v) is 9.49. The zero-order chi connectivity index (χ0) is 14.5. The van der Waals surface area contributed by atoms with Gasteiger partial charge in [0.25, 0.3) is 0 Å². The van der Waals surface area contributed by atoms with E-state index < -0.39 is 28.9 Å². The molecule has 0 saturated heterocycles. The van der Waals surface area contributed by atoms with Crippen LogP contribution < -0.4 is 0 Å². The number of hydrogen-bond acceptors (Lipinski definition) is 0. The van der Waals surface area contributed by atoms with Crippen LogP contribution in [0.4, 0.5) is 26.3 Å². The van der Waals surface area contributed by atoms with Crippen molar-refractivity contribution in [3.8, 4) is 12.3 Å². The van der Waals surface area contributed by atoms with Crippen molar-refractivity contribution in [3.05, 3.63) is 34.9 Å². The molecule has 0 aliphatic heterocycles. The van der Waals surface area contributed by atoms with E-state index in [1.54, 1.807) is 0 Å². The minimum absolute atomic E-state index is 0.0860. The fraction of sp³-hybridized carbons (Fsp3) is 0.385. The Bertz CT molecular complexity index is 507. The van der Waals surface area contributed by atoms with Gasteiger partial charge >= 0.3 is 12.4 Å². The van der Waals surface area contributed by atoms with Gasteiger partial charge in [0.15, 0.2) is 0 Å². The van der Waals surface area contributed by atoms with Gasteiger partial charge in [-0.05, 0) is 36.6 Å². The minimum Gasteiger partial charge on any atom is -0.166 e. The van der Waals surface area contributed by atoms with Crippen LogP contribution in [0.2, 0.25) is 0 Å². The molecule has 1 saturated carbocycles. The minimum atomic E-state index is -4.83. The van der Waals surface area contributed by atoms with E-state index in [1.165, 1.54) is 0 Å². The van der Waals surface area contributed by atoms with Crippen LogP contribution in [0.25, 0.3) is 0 Å². The fourth-order valence-electron chi connectivity index (χ4n) is 1.87. The average Bonchev–Trinajstić information content (AvgIpc) is 3.07. The van der Waals surface area contributed by atoms with Gasteiger partial charge in [0, 0.05) is 0 Å². The Hall–Kier alpha value is -1.64. The van der Waals surface area contributed by atoms with Crippen molar-refractivity contribution in [2.45, 2.75) is 30.6 Å². The molecule has 0 nitrogen and oxygen atoms in total. The molecule has 0 aromatic heterocycles. The number of terminal acetylenes is 1. The lowest BCUT2D eigenvalue weighted by atomic mass is 9.92. The van der Waals surface area contributed by atoms with E-state index in [2.05, 4.69) is 5.92 Å². The molecule has 0 amide bonds. The first kappa shape index (κ1) is 13.8. The largest absolute Gasteiger partial charge is 0.416 e. The third kappa shape index (κ3) is 2.55. The van der Waals surface area contributed by atoms with Crippen LogP contribution in [0.15, 0.2) is 18.2 Å². The summed E-state index contributed by atoms with van der Waals surface area (Å²) in [7, 11) is 0. The number of rotatable bonds is 1. The summed E-state index contributed by atoms with van der Waals surface area (Å²) in [6, 6.07) is 1.53. The molecule has 0 heterocycles. The quantitative estimate of drug-likeness (QED) is 0.528. The van der Waals surface area contributed by atoms with Crippen molar-refractivity contribution in [2.75, 3.05) is 0 Å². The third-order valence-corrected chi connectivity index (χ3v) is 3.17. The van der Waals surface area contributed by atoms with Crippen molar-refractivity contribution in [1.82, 2.24) is 0 Å². The average molecular weight is 278 g/mol. The molecular formula is C13H8F6. The summed E-state index contributed by atoms with van der Waals surface area (Å²) in [6.07, 6.45) is -3.65. The number of alkyl halides is 6. The maximum Gasteiger partial charge on any atom is 0.416 e. The van der Waals surface area contributed by atoms with Crippen LogP contribution in [0.1, 0.15) is 29.5 Å². The molecule has 0 radical (unpaired) electrons. The molecule has 0 spiro atoms. The number of benzene rings is 1. The van der Waals surface area contributed by atoms with Crippen molar-refractivity contribution in [3.63, 3.8) is 0 Å². The van der Waals surface area contributed by atoms with Crippen molar-refractivity contribution in [2.24, 2.45) is 0 Å². The smallest absolute Gasteiger partial charge is 0.166 e. The molecule has 102 valence electrons. The summed E-state index contributed by atoms with van der Waals surface area (Å²) in [5, 5.41) is 0. The lowest BCUT2D eigenvalue weighted by molar-refractivity contribution is -0.143. The Morgan fingerprint density at radius 1 is 0.895 bits per heavy atom. The summed E-state index contributed by atoms with van der Waals surface area (Å²) in [5.74, 6) is 2.29. The molecule has 0 atom stereocenters. The van der Waals surface area contributed by atoms with E-state index in [0.29, 0.717) is 25.0 Å². The maximum atomic E-state index is 12.6. The van der Waals surface area contributed by atoms with E-state index >= 15 is 0 Å². The molecule has 0 N–H and O–H groups in total. The normalized spacial score (nSPS) is 17.9. The van der Waals surface area contributed by atoms with Gasteiger partial charge in [0.05, 0.1) is 16.5 Å². The second kappa shape index (κ2) is 3.92. The van der Waals surface area contributed by atoms with Gasteiger partial charge in [-0.2, -0.15) is 26.3 Å². The molecule has 0 unspecified atom stereocenters. The standard InChI is InChI=1S/C13H8F6/c1-2-11(3-4-11)8-5-9(12(14,15)16)7-10(6-8)13(17,18)19/h1,5-7H,3-4H2. The summed E-state index contributed by atoms with van der Waals surface area (Å²) < 4.78 is 75.8. The molecule has 19 heavy (non-hydrogen) atoms. The van der Waals surface area contributed by atoms with Crippen LogP contribution in [-0.2, 0) is 17.8 Å². The Morgan fingerprint density at radius 2 is 1.32 bits per heavy atom. The monoisotopic (exact) mass is 278 g/mol. The summed E-state index contributed by atoms with van der Waals surface area (Å²) in [5.41, 5.74) is -3.70. The third-order valence-electron chi connectivity index (χ3n) is 3.17. The summed E-state index contributed by atoms with van der Waals surface area (Å²) in [6.45, 7) is 0. The second-order valence-electron chi connectivity index (χ2n) is 4.52. The molecule has 1 aliphatic rings. The topological polar surface area (TPSA) is 0 Å². The molecule has 1 aromatic rings. The highest BCUT2D eigenvalue weighted by atomic mass is 19.4. The molecule has 0 bridgehead atoms. The van der Waals surface area contributed by atoms with Gasteiger partial charge < -0.3 is 0 Å². The number of hydrogen-bond donors (Lipinski definition) is 0. The summed E-state index contributed by atoms with van der Waals surface area (Å²) >= 11 is 0. The van der Waals surface area contributed by atoms with Gasteiger partial charge in [-0.1, -0.05) is 5.92 Å². The van der Waals surface area contributed by atoms with E-state index in [9.17, 15) is 26.3 Å².